The Morgan fingerprint density at radius 1 is 0.800 bits per heavy atom. The van der Waals surface area contributed by atoms with E-state index in [0.717, 1.165) is 0 Å². The molecule has 134 valence electrons. The largest absolute Gasteiger partial charge is 0.507 e. The molecule has 1 aliphatic rings. The van der Waals surface area contributed by atoms with E-state index in [-0.39, 0.29) is 36.4 Å². The molecule has 0 amide bonds. The predicted octanol–water partition coefficient (Wildman–Crippen LogP) is 2.58. The van der Waals surface area contributed by atoms with E-state index in [0.29, 0.717) is 43.4 Å². The second kappa shape index (κ2) is 8.55. The Kier molecular flexibility index (Phi) is 6.44. The van der Waals surface area contributed by atoms with E-state index < -0.39 is 17.3 Å². The maximum atomic E-state index is 12.5. The minimum absolute atomic E-state index is 0.0395. The lowest BCUT2D eigenvalue weighted by Crippen LogP contribution is -2.24. The highest BCUT2D eigenvalue weighted by Gasteiger charge is 2.23. The zero-order valence-electron chi connectivity index (χ0n) is 14.3. The average molecular weight is 346 g/mol. The number of hydrogen-bond acceptors (Lipinski definition) is 6. The molecule has 6 heteroatoms. The number of rotatable bonds is 1. The Morgan fingerprint density at radius 3 is 2.04 bits per heavy atom. The zero-order valence-corrected chi connectivity index (χ0v) is 14.3. The Bertz CT molecular complexity index is 704. The van der Waals surface area contributed by atoms with Gasteiger partial charge < -0.3 is 9.84 Å². The van der Waals surface area contributed by atoms with Crippen LogP contribution in [0.25, 0.3) is 0 Å². The van der Waals surface area contributed by atoms with Crippen LogP contribution in [0.2, 0.25) is 0 Å². The van der Waals surface area contributed by atoms with Crippen LogP contribution in [0, 0.1) is 0 Å². The molecule has 1 aromatic rings. The fourth-order valence-electron chi connectivity index (χ4n) is 2.99. The molecule has 0 fully saturated rings. The van der Waals surface area contributed by atoms with Crippen molar-refractivity contribution in [2.24, 2.45) is 0 Å². The van der Waals surface area contributed by atoms with Crippen molar-refractivity contribution < 1.29 is 29.0 Å². The van der Waals surface area contributed by atoms with Crippen molar-refractivity contribution in [2.75, 3.05) is 7.11 Å². The first kappa shape index (κ1) is 18.8. The van der Waals surface area contributed by atoms with E-state index in [9.17, 15) is 24.3 Å². The van der Waals surface area contributed by atoms with Crippen LogP contribution in [-0.4, -0.2) is 35.3 Å². The van der Waals surface area contributed by atoms with Crippen LogP contribution >= 0.6 is 0 Å². The summed E-state index contributed by atoms with van der Waals surface area (Å²) in [4.78, 5) is 47.8. The molecule has 1 aliphatic carbocycles. The quantitative estimate of drug-likeness (QED) is 0.785. The Balaban J connectivity index is 2.29. The summed E-state index contributed by atoms with van der Waals surface area (Å²) in [6.45, 7) is 0. The fraction of sp³-hybridized carbons (Fsp3) is 0.474. The Morgan fingerprint density at radius 2 is 1.40 bits per heavy atom. The van der Waals surface area contributed by atoms with Gasteiger partial charge in [-0.15, -0.1) is 0 Å². The number of phenolic OH excluding ortho intramolecular Hbond substituents is 1. The first-order valence-corrected chi connectivity index (χ1v) is 8.47. The maximum absolute atomic E-state index is 12.5. The molecule has 0 radical (unpaired) electrons. The molecule has 2 rings (SSSR count). The molecule has 1 aromatic carbocycles. The van der Waals surface area contributed by atoms with Crippen molar-refractivity contribution in [3.8, 4) is 11.5 Å². The molecule has 0 unspecified atom stereocenters. The van der Waals surface area contributed by atoms with Crippen LogP contribution in [0.5, 0.6) is 11.5 Å². The smallest absolute Gasteiger partial charge is 0.264 e. The molecule has 0 aromatic heterocycles. The lowest BCUT2D eigenvalue weighted by atomic mass is 9.93. The molecule has 1 N–H and O–H groups in total. The van der Waals surface area contributed by atoms with Crippen molar-refractivity contribution in [3.05, 3.63) is 23.3 Å². The number of ether oxygens (including phenoxy) is 1. The van der Waals surface area contributed by atoms with Gasteiger partial charge in [0.15, 0.2) is 5.78 Å². The third-order valence-electron chi connectivity index (χ3n) is 4.35. The van der Waals surface area contributed by atoms with Gasteiger partial charge in [-0.1, -0.05) is 6.42 Å². The highest BCUT2D eigenvalue weighted by molar-refractivity contribution is 6.63. The Hall–Kier alpha value is -2.50. The second-order valence-corrected chi connectivity index (χ2v) is 6.19. The van der Waals surface area contributed by atoms with Crippen molar-refractivity contribution in [1.82, 2.24) is 0 Å². The molecule has 0 bridgehead atoms. The van der Waals surface area contributed by atoms with Crippen LogP contribution in [0.1, 0.15) is 60.9 Å². The maximum Gasteiger partial charge on any atom is 0.264 e. The monoisotopic (exact) mass is 346 g/mol. The number of aromatic hydroxyl groups is 1. The van der Waals surface area contributed by atoms with Crippen molar-refractivity contribution in [3.63, 3.8) is 0 Å². The molecular formula is C19H22O6. The molecule has 0 saturated heterocycles. The van der Waals surface area contributed by atoms with Crippen molar-refractivity contribution in [1.29, 1.82) is 0 Å². The van der Waals surface area contributed by atoms with Gasteiger partial charge >= 0.3 is 0 Å². The van der Waals surface area contributed by atoms with Crippen LogP contribution < -0.4 is 4.74 Å². The number of carbonyl (C=O) groups excluding carboxylic acids is 4. The first-order valence-electron chi connectivity index (χ1n) is 8.47. The summed E-state index contributed by atoms with van der Waals surface area (Å²) in [5, 5.41) is 10.2. The van der Waals surface area contributed by atoms with Gasteiger partial charge in [0.25, 0.3) is 5.78 Å². The van der Waals surface area contributed by atoms with Gasteiger partial charge in [-0.2, -0.15) is 0 Å². The number of fused-ring (bicyclic) bond motifs is 1. The van der Waals surface area contributed by atoms with Crippen LogP contribution in [0.4, 0.5) is 0 Å². The van der Waals surface area contributed by atoms with Gasteiger partial charge in [0.2, 0.25) is 11.6 Å². The van der Waals surface area contributed by atoms with Crippen molar-refractivity contribution >= 4 is 23.1 Å². The molecule has 0 atom stereocenters. The third kappa shape index (κ3) is 4.75. The van der Waals surface area contributed by atoms with E-state index >= 15 is 0 Å². The van der Waals surface area contributed by atoms with Crippen LogP contribution in [0.3, 0.4) is 0 Å². The molecule has 0 aliphatic heterocycles. The van der Waals surface area contributed by atoms with Gasteiger partial charge in [-0.3, -0.25) is 19.2 Å². The van der Waals surface area contributed by atoms with Gasteiger partial charge in [0.05, 0.1) is 12.7 Å². The fourth-order valence-corrected chi connectivity index (χ4v) is 2.99. The SMILES string of the molecule is COc1cc(O)c2c(c1)CCCC(=O)C(=O)C(=O)CCCCCC2=O. The third-order valence-corrected chi connectivity index (χ3v) is 4.35. The Labute approximate surface area is 146 Å². The van der Waals surface area contributed by atoms with Gasteiger partial charge in [0, 0.05) is 25.3 Å². The highest BCUT2D eigenvalue weighted by Crippen LogP contribution is 2.30. The summed E-state index contributed by atoms with van der Waals surface area (Å²) < 4.78 is 5.12. The van der Waals surface area contributed by atoms with E-state index in [1.165, 1.54) is 13.2 Å². The molecule has 0 saturated carbocycles. The van der Waals surface area contributed by atoms with Gasteiger partial charge in [-0.25, -0.2) is 0 Å². The minimum atomic E-state index is -0.929. The lowest BCUT2D eigenvalue weighted by molar-refractivity contribution is -0.144. The van der Waals surface area contributed by atoms with Crippen molar-refractivity contribution in [2.45, 2.75) is 51.4 Å². The number of carbonyl (C=O) groups is 4. The lowest BCUT2D eigenvalue weighted by Gasteiger charge is -2.13. The number of methoxy groups -OCH3 is 1. The van der Waals surface area contributed by atoms with Crippen LogP contribution in [0.15, 0.2) is 12.1 Å². The van der Waals surface area contributed by atoms with Gasteiger partial charge in [-0.05, 0) is 37.3 Å². The summed E-state index contributed by atoms with van der Waals surface area (Å²) >= 11 is 0. The summed E-state index contributed by atoms with van der Waals surface area (Å²) in [5.74, 6) is -2.15. The number of hydrogen-bond donors (Lipinski definition) is 1. The van der Waals surface area contributed by atoms with E-state index in [1.807, 2.05) is 0 Å². The second-order valence-electron chi connectivity index (χ2n) is 6.19. The highest BCUT2D eigenvalue weighted by atomic mass is 16.5. The molecule has 6 nitrogen and oxygen atoms in total. The number of Topliss-reactive ketones (excluding diaryl/α,β-unsaturated/α-hetero) is 4. The average Bonchev–Trinajstić information content (AvgIpc) is 2.59. The summed E-state index contributed by atoms with van der Waals surface area (Å²) in [7, 11) is 1.46. The molecule has 25 heavy (non-hydrogen) atoms. The predicted molar refractivity (Wildman–Crippen MR) is 90.0 cm³/mol. The standard InChI is InChI=1S/C19H22O6/c1-25-13-10-12-6-5-9-16(22)19(24)15(21)8-4-2-3-7-14(20)18(12)17(23)11-13/h10-11,23H,2-9H2,1H3. The number of phenols is 1. The summed E-state index contributed by atoms with van der Waals surface area (Å²) in [6, 6.07) is 3.06. The topological polar surface area (TPSA) is 97.7 Å². The van der Waals surface area contributed by atoms with Gasteiger partial charge in [0.1, 0.15) is 11.5 Å². The first-order chi connectivity index (χ1) is 11.9. The van der Waals surface area contributed by atoms with Crippen LogP contribution in [-0.2, 0) is 20.8 Å². The summed E-state index contributed by atoms with van der Waals surface area (Å²) in [5.41, 5.74) is 0.846. The van der Waals surface area contributed by atoms with E-state index in [1.54, 1.807) is 6.07 Å². The number of aryl methyl sites for hydroxylation is 1. The minimum Gasteiger partial charge on any atom is -0.507 e. The number of benzene rings is 1. The molecule has 0 spiro atoms. The van der Waals surface area contributed by atoms with E-state index in [4.69, 9.17) is 4.74 Å². The molecule has 0 heterocycles. The summed E-state index contributed by atoms with van der Waals surface area (Å²) in [6.07, 6.45) is 2.50. The number of ketones is 4. The normalized spacial score (nSPS) is 17.8. The van der Waals surface area contributed by atoms with E-state index in [2.05, 4.69) is 0 Å². The molecular weight excluding hydrogens is 324 g/mol. The zero-order chi connectivity index (χ0) is 18.4.